The lowest BCUT2D eigenvalue weighted by atomic mass is 9.87. The van der Waals surface area contributed by atoms with Crippen LogP contribution in [0.1, 0.15) is 31.9 Å². The largest absolute Gasteiger partial charge is 0.497 e. The summed E-state index contributed by atoms with van der Waals surface area (Å²) in [6.07, 6.45) is 0. The molecule has 1 fully saturated rings. The number of nitrogens with one attached hydrogen (secondary N) is 1. The highest BCUT2D eigenvalue weighted by molar-refractivity contribution is 5.91. The molecule has 6 heteroatoms. The summed E-state index contributed by atoms with van der Waals surface area (Å²) >= 11 is 0. The van der Waals surface area contributed by atoms with Crippen molar-refractivity contribution in [2.45, 2.75) is 32.7 Å². The van der Waals surface area contributed by atoms with Crippen LogP contribution in [0.4, 0.5) is 10.5 Å². The van der Waals surface area contributed by atoms with Crippen molar-refractivity contribution in [3.8, 4) is 11.5 Å². The Bertz CT molecular complexity index is 851. The molecular formula is C24H33N3O3. The molecule has 0 saturated carbocycles. The number of piperazine rings is 1. The summed E-state index contributed by atoms with van der Waals surface area (Å²) < 4.78 is 10.6. The van der Waals surface area contributed by atoms with Crippen LogP contribution < -0.4 is 14.8 Å². The van der Waals surface area contributed by atoms with E-state index in [4.69, 9.17) is 9.47 Å². The molecule has 1 heterocycles. The number of hydrogen-bond acceptors (Lipinski definition) is 4. The summed E-state index contributed by atoms with van der Waals surface area (Å²) in [5, 5.41) is 2.96. The molecule has 1 saturated heterocycles. The summed E-state index contributed by atoms with van der Waals surface area (Å²) in [5.41, 5.74) is 3.47. The lowest BCUT2D eigenvalue weighted by Crippen LogP contribution is -2.49. The van der Waals surface area contributed by atoms with Crippen molar-refractivity contribution in [3.05, 3.63) is 53.6 Å². The Morgan fingerprint density at radius 2 is 1.63 bits per heavy atom. The second-order valence-corrected chi connectivity index (χ2v) is 8.71. The van der Waals surface area contributed by atoms with Gasteiger partial charge < -0.3 is 19.7 Å². The van der Waals surface area contributed by atoms with E-state index in [9.17, 15) is 4.79 Å². The van der Waals surface area contributed by atoms with Gasteiger partial charge in [0.2, 0.25) is 0 Å². The van der Waals surface area contributed by atoms with E-state index in [0.717, 1.165) is 19.6 Å². The van der Waals surface area contributed by atoms with E-state index >= 15 is 0 Å². The Kier molecular flexibility index (Phi) is 6.87. The minimum absolute atomic E-state index is 0.104. The highest BCUT2D eigenvalue weighted by Gasteiger charge is 2.22. The maximum Gasteiger partial charge on any atom is 0.322 e. The molecule has 0 atom stereocenters. The fraction of sp³-hybridized carbons (Fsp3) is 0.458. The van der Waals surface area contributed by atoms with Gasteiger partial charge in [-0.2, -0.15) is 0 Å². The predicted molar refractivity (Wildman–Crippen MR) is 121 cm³/mol. The zero-order valence-electron chi connectivity index (χ0n) is 18.7. The van der Waals surface area contributed by atoms with Crippen molar-refractivity contribution >= 4 is 11.7 Å². The lowest BCUT2D eigenvalue weighted by molar-refractivity contribution is 0.143. The maximum absolute atomic E-state index is 12.7. The Hall–Kier alpha value is -2.73. The number of hydrogen-bond donors (Lipinski definition) is 1. The molecule has 0 bridgehead atoms. The van der Waals surface area contributed by atoms with Gasteiger partial charge in [0.25, 0.3) is 0 Å². The summed E-state index contributed by atoms with van der Waals surface area (Å²) in [4.78, 5) is 16.9. The molecule has 1 aliphatic rings. The minimum atomic E-state index is -0.104. The zero-order chi connectivity index (χ0) is 21.7. The molecule has 0 radical (unpaired) electrons. The summed E-state index contributed by atoms with van der Waals surface area (Å²) in [5.74, 6) is 1.27. The molecule has 1 N–H and O–H groups in total. The van der Waals surface area contributed by atoms with Crippen LogP contribution in [0.15, 0.2) is 42.5 Å². The lowest BCUT2D eigenvalue weighted by Gasteiger charge is -2.34. The molecule has 0 aromatic heterocycles. The monoisotopic (exact) mass is 411 g/mol. The Labute approximate surface area is 179 Å². The third kappa shape index (κ3) is 5.45. The van der Waals surface area contributed by atoms with Crippen molar-refractivity contribution in [1.82, 2.24) is 9.80 Å². The average molecular weight is 412 g/mol. The first kappa shape index (κ1) is 22.0. The molecule has 162 valence electrons. The smallest absolute Gasteiger partial charge is 0.322 e. The predicted octanol–water partition coefficient (Wildman–Crippen LogP) is 4.35. The van der Waals surface area contributed by atoms with Gasteiger partial charge in [0.15, 0.2) is 0 Å². The highest BCUT2D eigenvalue weighted by Crippen LogP contribution is 2.29. The number of benzene rings is 2. The first-order valence-corrected chi connectivity index (χ1v) is 10.4. The van der Waals surface area contributed by atoms with Gasteiger partial charge in [-0.1, -0.05) is 45.0 Å². The Morgan fingerprint density at radius 1 is 0.967 bits per heavy atom. The Morgan fingerprint density at radius 3 is 2.20 bits per heavy atom. The summed E-state index contributed by atoms with van der Waals surface area (Å²) in [6, 6.07) is 14.1. The number of carbonyl (C=O) groups is 1. The molecule has 3 rings (SSSR count). The summed E-state index contributed by atoms with van der Waals surface area (Å²) in [6.45, 7) is 10.7. The standard InChI is InChI=1S/C24H33N3O3/c1-24(2,3)19-8-6-18(7-9-19)17-26-12-14-27(15-13-26)23(28)25-21-11-10-20(29-4)16-22(21)30-5/h6-11,16H,12-15,17H2,1-5H3,(H,25,28). The fourth-order valence-corrected chi connectivity index (χ4v) is 3.57. The van der Waals surface area contributed by atoms with Crippen molar-refractivity contribution in [3.63, 3.8) is 0 Å². The van der Waals surface area contributed by atoms with E-state index in [0.29, 0.717) is 30.3 Å². The van der Waals surface area contributed by atoms with Gasteiger partial charge in [0.05, 0.1) is 19.9 Å². The molecule has 2 aromatic rings. The number of carbonyl (C=O) groups excluding carboxylic acids is 1. The molecule has 0 spiro atoms. The number of urea groups is 1. The van der Waals surface area contributed by atoms with Crippen LogP contribution in [0.3, 0.4) is 0 Å². The first-order chi connectivity index (χ1) is 14.3. The molecule has 0 unspecified atom stereocenters. The fourth-order valence-electron chi connectivity index (χ4n) is 3.57. The van der Waals surface area contributed by atoms with Gasteiger partial charge in [0.1, 0.15) is 11.5 Å². The zero-order valence-corrected chi connectivity index (χ0v) is 18.7. The van der Waals surface area contributed by atoms with Crippen molar-refractivity contribution in [2.75, 3.05) is 45.7 Å². The number of amides is 2. The van der Waals surface area contributed by atoms with Crippen LogP contribution in [0, 0.1) is 0 Å². The van der Waals surface area contributed by atoms with Crippen LogP contribution in [-0.4, -0.2) is 56.2 Å². The summed E-state index contributed by atoms with van der Waals surface area (Å²) in [7, 11) is 3.18. The SMILES string of the molecule is COc1ccc(NC(=O)N2CCN(Cc3ccc(C(C)(C)C)cc3)CC2)c(OC)c1. The number of rotatable bonds is 5. The van der Waals surface area contributed by atoms with E-state index in [-0.39, 0.29) is 11.4 Å². The van der Waals surface area contributed by atoms with E-state index in [1.807, 2.05) is 4.90 Å². The van der Waals surface area contributed by atoms with Crippen LogP contribution >= 0.6 is 0 Å². The average Bonchev–Trinajstić information content (AvgIpc) is 2.74. The quantitative estimate of drug-likeness (QED) is 0.795. The highest BCUT2D eigenvalue weighted by atomic mass is 16.5. The number of methoxy groups -OCH3 is 2. The molecule has 30 heavy (non-hydrogen) atoms. The van der Waals surface area contributed by atoms with Crippen LogP contribution in [-0.2, 0) is 12.0 Å². The molecule has 2 amide bonds. The number of ether oxygens (including phenoxy) is 2. The van der Waals surface area contributed by atoms with Gasteiger partial charge in [0, 0.05) is 38.8 Å². The van der Waals surface area contributed by atoms with Gasteiger partial charge in [-0.25, -0.2) is 4.79 Å². The molecule has 1 aliphatic heterocycles. The second kappa shape index (κ2) is 9.39. The van der Waals surface area contributed by atoms with E-state index in [1.165, 1.54) is 11.1 Å². The molecule has 2 aromatic carbocycles. The normalized spacial score (nSPS) is 15.0. The molecular weight excluding hydrogens is 378 g/mol. The van der Waals surface area contributed by atoms with E-state index < -0.39 is 0 Å². The van der Waals surface area contributed by atoms with Crippen molar-refractivity contribution in [2.24, 2.45) is 0 Å². The van der Waals surface area contributed by atoms with Gasteiger partial charge in [-0.3, -0.25) is 4.90 Å². The Balaban J connectivity index is 1.52. The molecule has 6 nitrogen and oxygen atoms in total. The number of nitrogens with zero attached hydrogens (tertiary/aromatic N) is 2. The van der Waals surface area contributed by atoms with Crippen LogP contribution in [0.2, 0.25) is 0 Å². The topological polar surface area (TPSA) is 54.0 Å². The van der Waals surface area contributed by atoms with Gasteiger partial charge >= 0.3 is 6.03 Å². The second-order valence-electron chi connectivity index (χ2n) is 8.71. The maximum atomic E-state index is 12.7. The number of anilines is 1. The third-order valence-electron chi connectivity index (χ3n) is 5.54. The van der Waals surface area contributed by atoms with Gasteiger partial charge in [-0.05, 0) is 28.7 Å². The van der Waals surface area contributed by atoms with Crippen molar-refractivity contribution < 1.29 is 14.3 Å². The third-order valence-corrected chi connectivity index (χ3v) is 5.54. The van der Waals surface area contributed by atoms with Crippen molar-refractivity contribution in [1.29, 1.82) is 0 Å². The minimum Gasteiger partial charge on any atom is -0.497 e. The molecule has 0 aliphatic carbocycles. The van der Waals surface area contributed by atoms with E-state index in [1.54, 1.807) is 32.4 Å². The van der Waals surface area contributed by atoms with E-state index in [2.05, 4.69) is 55.3 Å². The van der Waals surface area contributed by atoms with Crippen LogP contribution in [0.5, 0.6) is 11.5 Å². The first-order valence-electron chi connectivity index (χ1n) is 10.4. The van der Waals surface area contributed by atoms with Gasteiger partial charge in [-0.15, -0.1) is 0 Å². The van der Waals surface area contributed by atoms with Crippen LogP contribution in [0.25, 0.3) is 0 Å².